The summed E-state index contributed by atoms with van der Waals surface area (Å²) in [7, 11) is 0. The largest absolute Gasteiger partial charge is 0.369 e. The molecular weight excluding hydrogens is 264 g/mol. The van der Waals surface area contributed by atoms with Crippen molar-refractivity contribution in [1.82, 2.24) is 9.88 Å². The number of rotatable bonds is 2. The van der Waals surface area contributed by atoms with Crippen molar-refractivity contribution in [2.45, 2.75) is 12.8 Å². The van der Waals surface area contributed by atoms with Crippen molar-refractivity contribution >= 4 is 17.5 Å². The smallest absolute Gasteiger partial charge is 0.256 e. The third-order valence-corrected chi connectivity index (χ3v) is 3.37. The highest BCUT2D eigenvalue weighted by Gasteiger charge is 2.35. The number of amides is 1. The Bertz CT molecular complexity index is 628. The van der Waals surface area contributed by atoms with Gasteiger partial charge >= 0.3 is 0 Å². The Morgan fingerprint density at radius 2 is 2.05 bits per heavy atom. The number of aliphatic hydroxyl groups excluding tert-OH is 1. The molecule has 1 unspecified atom stereocenters. The van der Waals surface area contributed by atoms with Crippen molar-refractivity contribution in [3.8, 4) is 0 Å². The zero-order valence-electron chi connectivity index (χ0n) is 9.95. The van der Waals surface area contributed by atoms with Gasteiger partial charge < -0.3 is 10.0 Å². The maximum atomic E-state index is 12.2. The van der Waals surface area contributed by atoms with E-state index in [0.717, 1.165) is 0 Å². The lowest BCUT2D eigenvalue weighted by molar-refractivity contribution is 0.0132. The van der Waals surface area contributed by atoms with Gasteiger partial charge in [0.25, 0.3) is 5.91 Å². The lowest BCUT2D eigenvalue weighted by Crippen LogP contribution is -2.27. The highest BCUT2D eigenvalue weighted by molar-refractivity contribution is 6.30. The number of aromatic nitrogens is 1. The summed E-state index contributed by atoms with van der Waals surface area (Å²) in [5, 5.41) is 10.7. The van der Waals surface area contributed by atoms with Gasteiger partial charge in [0.05, 0.1) is 17.3 Å². The number of carbonyl (C=O) groups excluding carboxylic acids is 1. The van der Waals surface area contributed by atoms with Crippen molar-refractivity contribution in [3.05, 3.63) is 64.4 Å². The monoisotopic (exact) mass is 274 g/mol. The van der Waals surface area contributed by atoms with E-state index in [1.54, 1.807) is 36.4 Å². The van der Waals surface area contributed by atoms with Gasteiger partial charge in [0.2, 0.25) is 0 Å². The number of hydrogen-bond donors (Lipinski definition) is 1. The van der Waals surface area contributed by atoms with Crippen LogP contribution in [0.2, 0.25) is 5.02 Å². The Hall–Kier alpha value is -1.91. The van der Waals surface area contributed by atoms with Gasteiger partial charge in [-0.1, -0.05) is 29.8 Å². The van der Waals surface area contributed by atoms with E-state index in [1.165, 1.54) is 11.1 Å². The van der Waals surface area contributed by atoms with Crippen molar-refractivity contribution in [2.75, 3.05) is 0 Å². The number of benzene rings is 1. The minimum atomic E-state index is -0.916. The predicted molar refractivity (Wildman–Crippen MR) is 70.5 cm³/mol. The molecule has 2 heterocycles. The zero-order valence-corrected chi connectivity index (χ0v) is 10.7. The molecule has 4 nitrogen and oxygen atoms in total. The van der Waals surface area contributed by atoms with Crippen LogP contribution in [-0.4, -0.2) is 20.9 Å². The lowest BCUT2D eigenvalue weighted by atomic mass is 10.1. The summed E-state index contributed by atoms with van der Waals surface area (Å²) in [5.74, 6) is -0.181. The van der Waals surface area contributed by atoms with Crippen LogP contribution in [0.3, 0.4) is 0 Å². The molecule has 0 bridgehead atoms. The maximum absolute atomic E-state index is 12.2. The van der Waals surface area contributed by atoms with Crippen molar-refractivity contribution in [3.63, 3.8) is 0 Å². The molecule has 1 aromatic carbocycles. The molecule has 0 saturated carbocycles. The molecule has 2 aromatic rings. The average molecular weight is 275 g/mol. The van der Waals surface area contributed by atoms with E-state index in [0.29, 0.717) is 21.8 Å². The van der Waals surface area contributed by atoms with E-state index in [9.17, 15) is 9.90 Å². The van der Waals surface area contributed by atoms with Gasteiger partial charge in [-0.2, -0.15) is 0 Å². The topological polar surface area (TPSA) is 53.4 Å². The summed E-state index contributed by atoms with van der Waals surface area (Å²) in [6.07, 6.45) is 0.609. The Kier molecular flexibility index (Phi) is 2.97. The van der Waals surface area contributed by atoms with E-state index in [2.05, 4.69) is 4.98 Å². The van der Waals surface area contributed by atoms with Crippen LogP contribution in [0.1, 0.15) is 27.8 Å². The fourth-order valence-corrected chi connectivity index (χ4v) is 2.30. The number of fused-ring (bicyclic) bond motifs is 1. The molecule has 96 valence electrons. The maximum Gasteiger partial charge on any atom is 0.256 e. The minimum Gasteiger partial charge on any atom is -0.369 e. The quantitative estimate of drug-likeness (QED) is 0.915. The van der Waals surface area contributed by atoms with Gasteiger partial charge in [-0.15, -0.1) is 0 Å². The fraction of sp³-hybridized carbons (Fsp3) is 0.143. The SMILES string of the molecule is O=C1c2ccccc2C(O)N1Cc1ccc(Cl)cn1. The summed E-state index contributed by atoms with van der Waals surface area (Å²) in [4.78, 5) is 17.7. The highest BCUT2D eigenvalue weighted by Crippen LogP contribution is 2.32. The first-order valence-electron chi connectivity index (χ1n) is 5.85. The van der Waals surface area contributed by atoms with Crippen LogP contribution < -0.4 is 0 Å². The van der Waals surface area contributed by atoms with Crippen LogP contribution >= 0.6 is 11.6 Å². The van der Waals surface area contributed by atoms with Crippen LogP contribution in [-0.2, 0) is 6.54 Å². The first-order chi connectivity index (χ1) is 9.16. The number of carbonyl (C=O) groups is 1. The van der Waals surface area contributed by atoms with Gasteiger partial charge in [-0.25, -0.2) is 0 Å². The van der Waals surface area contributed by atoms with Gasteiger partial charge in [-0.05, 0) is 18.2 Å². The molecule has 3 rings (SSSR count). The van der Waals surface area contributed by atoms with E-state index in [1.807, 2.05) is 0 Å². The van der Waals surface area contributed by atoms with Crippen LogP contribution in [0.25, 0.3) is 0 Å². The number of nitrogens with zero attached hydrogens (tertiary/aromatic N) is 2. The molecule has 1 aliphatic heterocycles. The third-order valence-electron chi connectivity index (χ3n) is 3.15. The predicted octanol–water partition coefficient (Wildman–Crippen LogP) is 2.38. The number of hydrogen-bond acceptors (Lipinski definition) is 3. The van der Waals surface area contributed by atoms with E-state index in [4.69, 9.17) is 11.6 Å². The molecule has 0 saturated heterocycles. The summed E-state index contributed by atoms with van der Waals surface area (Å²) < 4.78 is 0. The van der Waals surface area contributed by atoms with E-state index in [-0.39, 0.29) is 12.5 Å². The zero-order chi connectivity index (χ0) is 13.4. The van der Waals surface area contributed by atoms with Gasteiger partial charge in [0.1, 0.15) is 0 Å². The first-order valence-corrected chi connectivity index (χ1v) is 6.23. The number of pyridine rings is 1. The summed E-state index contributed by atoms with van der Waals surface area (Å²) in [5.41, 5.74) is 1.87. The molecule has 0 fully saturated rings. The normalized spacial score (nSPS) is 17.7. The molecule has 19 heavy (non-hydrogen) atoms. The van der Waals surface area contributed by atoms with Crippen molar-refractivity contribution in [1.29, 1.82) is 0 Å². The van der Waals surface area contributed by atoms with Crippen LogP contribution in [0.15, 0.2) is 42.6 Å². The molecule has 5 heteroatoms. The molecule has 0 aliphatic carbocycles. The summed E-state index contributed by atoms with van der Waals surface area (Å²) in [6, 6.07) is 10.5. The Balaban J connectivity index is 1.88. The Morgan fingerprint density at radius 1 is 1.26 bits per heavy atom. The molecular formula is C14H11ClN2O2. The molecule has 1 atom stereocenters. The third kappa shape index (κ3) is 2.09. The number of aliphatic hydroxyl groups is 1. The second-order valence-electron chi connectivity index (χ2n) is 4.36. The molecule has 1 aromatic heterocycles. The molecule has 1 aliphatic rings. The van der Waals surface area contributed by atoms with E-state index >= 15 is 0 Å². The van der Waals surface area contributed by atoms with E-state index < -0.39 is 6.23 Å². The van der Waals surface area contributed by atoms with Crippen LogP contribution in [0, 0.1) is 0 Å². The molecule has 0 spiro atoms. The summed E-state index contributed by atoms with van der Waals surface area (Å²) >= 11 is 5.77. The van der Waals surface area contributed by atoms with Crippen LogP contribution in [0.4, 0.5) is 0 Å². The standard InChI is InChI=1S/C14H11ClN2O2/c15-9-5-6-10(16-7-9)8-17-13(18)11-3-1-2-4-12(11)14(17)19/h1-7,13,18H,8H2. The Labute approximate surface area is 115 Å². The molecule has 1 N–H and O–H groups in total. The highest BCUT2D eigenvalue weighted by atomic mass is 35.5. The first kappa shape index (κ1) is 12.1. The average Bonchev–Trinajstić information content (AvgIpc) is 2.67. The number of halogens is 1. The lowest BCUT2D eigenvalue weighted by Gasteiger charge is -2.20. The fourth-order valence-electron chi connectivity index (χ4n) is 2.18. The van der Waals surface area contributed by atoms with Gasteiger partial charge in [-0.3, -0.25) is 9.78 Å². The molecule has 0 radical (unpaired) electrons. The van der Waals surface area contributed by atoms with Crippen molar-refractivity contribution in [2.24, 2.45) is 0 Å². The van der Waals surface area contributed by atoms with Gasteiger partial charge in [0, 0.05) is 17.3 Å². The van der Waals surface area contributed by atoms with Crippen LogP contribution in [0.5, 0.6) is 0 Å². The second-order valence-corrected chi connectivity index (χ2v) is 4.80. The minimum absolute atomic E-state index is 0.181. The second kappa shape index (κ2) is 4.64. The molecule has 1 amide bonds. The summed E-state index contributed by atoms with van der Waals surface area (Å²) in [6.45, 7) is 0.256. The van der Waals surface area contributed by atoms with Gasteiger partial charge in [0.15, 0.2) is 6.23 Å². The van der Waals surface area contributed by atoms with Crippen molar-refractivity contribution < 1.29 is 9.90 Å². The Morgan fingerprint density at radius 3 is 2.74 bits per heavy atom.